The number of carbonyl (C=O) groups is 1. The second-order valence-corrected chi connectivity index (χ2v) is 8.32. The van der Waals surface area contributed by atoms with Gasteiger partial charge in [0.2, 0.25) is 5.91 Å². The van der Waals surface area contributed by atoms with Crippen LogP contribution in [0.5, 0.6) is 0 Å². The van der Waals surface area contributed by atoms with Crippen LogP contribution in [0.4, 0.5) is 5.69 Å². The van der Waals surface area contributed by atoms with E-state index in [1.165, 1.54) is 17.3 Å². The van der Waals surface area contributed by atoms with Crippen LogP contribution in [0.2, 0.25) is 5.02 Å². The highest BCUT2D eigenvalue weighted by molar-refractivity contribution is 8.39. The van der Waals surface area contributed by atoms with Crippen LogP contribution in [0.15, 0.2) is 53.5 Å². The fourth-order valence-corrected chi connectivity index (χ4v) is 4.66. The van der Waals surface area contributed by atoms with Gasteiger partial charge in [0.25, 0.3) is 0 Å². The first-order valence-electron chi connectivity index (χ1n) is 7.60. The molecule has 3 rings (SSSR count). The van der Waals surface area contributed by atoms with Gasteiger partial charge in [-0.05, 0) is 30.2 Å². The van der Waals surface area contributed by atoms with E-state index in [0.717, 1.165) is 21.4 Å². The maximum Gasteiger partial charge on any atom is 0.233 e. The normalized spacial score (nSPS) is 14.5. The summed E-state index contributed by atoms with van der Waals surface area (Å²) >= 11 is 9.29. The van der Waals surface area contributed by atoms with Crippen LogP contribution in [0.3, 0.4) is 0 Å². The molecule has 6 heteroatoms. The zero-order chi connectivity index (χ0) is 16.9. The molecule has 1 heterocycles. The number of aliphatic imine (C=N–C) groups is 1. The SMILES string of the molecule is C[C@H](SC1=Nc2ccccc2CS1)C(=O)NCc1ccccc1Cl. The summed E-state index contributed by atoms with van der Waals surface area (Å²) in [7, 11) is 0. The number of amides is 1. The number of carbonyl (C=O) groups excluding carboxylic acids is 1. The van der Waals surface area contributed by atoms with Crippen LogP contribution in [-0.4, -0.2) is 15.5 Å². The van der Waals surface area contributed by atoms with E-state index >= 15 is 0 Å². The van der Waals surface area contributed by atoms with Gasteiger partial charge in [-0.3, -0.25) is 4.79 Å². The number of nitrogens with zero attached hydrogens (tertiary/aromatic N) is 1. The number of rotatable bonds is 4. The Labute approximate surface area is 155 Å². The topological polar surface area (TPSA) is 41.5 Å². The molecular weight excluding hydrogens is 360 g/mol. The highest BCUT2D eigenvalue weighted by Gasteiger charge is 2.20. The fourth-order valence-electron chi connectivity index (χ4n) is 2.25. The number of hydrogen-bond donors (Lipinski definition) is 1. The Hall–Kier alpha value is -1.43. The Morgan fingerprint density at radius 1 is 1.29 bits per heavy atom. The lowest BCUT2D eigenvalue weighted by atomic mass is 10.2. The van der Waals surface area contributed by atoms with Crippen LogP contribution in [0.25, 0.3) is 0 Å². The summed E-state index contributed by atoms with van der Waals surface area (Å²) < 4.78 is 0.939. The summed E-state index contributed by atoms with van der Waals surface area (Å²) in [6.07, 6.45) is 0. The number of nitrogens with one attached hydrogen (secondary N) is 1. The lowest BCUT2D eigenvalue weighted by Gasteiger charge is -2.17. The third-order valence-corrected chi connectivity index (χ3v) is 6.28. The van der Waals surface area contributed by atoms with E-state index in [0.29, 0.717) is 11.6 Å². The van der Waals surface area contributed by atoms with Gasteiger partial charge in [-0.15, -0.1) is 0 Å². The highest BCUT2D eigenvalue weighted by atomic mass is 35.5. The third-order valence-electron chi connectivity index (χ3n) is 3.61. The highest BCUT2D eigenvalue weighted by Crippen LogP contribution is 2.35. The van der Waals surface area contributed by atoms with Gasteiger partial charge < -0.3 is 5.32 Å². The van der Waals surface area contributed by atoms with Gasteiger partial charge >= 0.3 is 0 Å². The standard InChI is InChI=1S/C18H17ClN2OS2/c1-12(17(22)20-10-13-6-2-4-8-15(13)19)24-18-21-16-9-5-3-7-14(16)11-23-18/h2-9,12H,10-11H2,1H3,(H,20,22)/t12-/m0/s1. The Balaban J connectivity index is 1.57. The van der Waals surface area contributed by atoms with Crippen LogP contribution in [-0.2, 0) is 17.1 Å². The molecule has 0 aliphatic carbocycles. The first-order chi connectivity index (χ1) is 11.6. The van der Waals surface area contributed by atoms with Crippen molar-refractivity contribution in [3.05, 3.63) is 64.7 Å². The number of benzene rings is 2. The molecule has 124 valence electrons. The van der Waals surface area contributed by atoms with Crippen LogP contribution < -0.4 is 5.32 Å². The van der Waals surface area contributed by atoms with E-state index in [4.69, 9.17) is 11.6 Å². The quantitative estimate of drug-likeness (QED) is 0.815. The van der Waals surface area contributed by atoms with E-state index in [2.05, 4.69) is 16.4 Å². The molecule has 1 N–H and O–H groups in total. The van der Waals surface area contributed by atoms with Crippen molar-refractivity contribution in [2.45, 2.75) is 24.5 Å². The van der Waals surface area contributed by atoms with E-state index in [1.54, 1.807) is 11.8 Å². The summed E-state index contributed by atoms with van der Waals surface area (Å²) in [4.78, 5) is 16.9. The number of halogens is 1. The first-order valence-corrected chi connectivity index (χ1v) is 9.85. The van der Waals surface area contributed by atoms with Crippen molar-refractivity contribution < 1.29 is 4.79 Å². The van der Waals surface area contributed by atoms with E-state index in [9.17, 15) is 4.79 Å². The number of fused-ring (bicyclic) bond motifs is 1. The summed E-state index contributed by atoms with van der Waals surface area (Å²) in [5, 5.41) is 3.40. The molecule has 2 aromatic rings. The van der Waals surface area contributed by atoms with Gasteiger partial charge in [-0.25, -0.2) is 4.99 Å². The summed E-state index contributed by atoms with van der Waals surface area (Å²) in [6.45, 7) is 2.34. The Bertz CT molecular complexity index is 779. The van der Waals surface area contributed by atoms with Crippen LogP contribution in [0.1, 0.15) is 18.1 Å². The summed E-state index contributed by atoms with van der Waals surface area (Å²) in [5.74, 6) is 0.887. The minimum Gasteiger partial charge on any atom is -0.351 e. The van der Waals surface area contributed by atoms with E-state index in [1.807, 2.05) is 49.4 Å². The lowest BCUT2D eigenvalue weighted by Crippen LogP contribution is -2.31. The predicted molar refractivity (Wildman–Crippen MR) is 105 cm³/mol. The van der Waals surface area contributed by atoms with Crippen molar-refractivity contribution in [2.24, 2.45) is 4.99 Å². The van der Waals surface area contributed by atoms with Crippen molar-refractivity contribution in [2.75, 3.05) is 0 Å². The van der Waals surface area contributed by atoms with Gasteiger partial charge in [-0.1, -0.05) is 71.5 Å². The molecule has 0 unspecified atom stereocenters. The van der Waals surface area contributed by atoms with Crippen LogP contribution in [0, 0.1) is 0 Å². The van der Waals surface area contributed by atoms with Crippen molar-refractivity contribution in [3.63, 3.8) is 0 Å². The molecule has 0 spiro atoms. The lowest BCUT2D eigenvalue weighted by molar-refractivity contribution is -0.120. The fraction of sp³-hybridized carbons (Fsp3) is 0.222. The minimum absolute atomic E-state index is 0.0120. The molecule has 1 aliphatic heterocycles. The van der Waals surface area contributed by atoms with E-state index in [-0.39, 0.29) is 11.2 Å². The zero-order valence-electron chi connectivity index (χ0n) is 13.2. The minimum atomic E-state index is -0.205. The molecule has 2 aromatic carbocycles. The molecule has 3 nitrogen and oxygen atoms in total. The third kappa shape index (κ3) is 4.35. The van der Waals surface area contributed by atoms with Crippen molar-refractivity contribution in [1.82, 2.24) is 5.32 Å². The van der Waals surface area contributed by atoms with E-state index < -0.39 is 0 Å². The smallest absolute Gasteiger partial charge is 0.233 e. The van der Waals surface area contributed by atoms with Gasteiger partial charge in [0, 0.05) is 17.3 Å². The van der Waals surface area contributed by atoms with Crippen molar-refractivity contribution >= 4 is 51.1 Å². The number of thioether (sulfide) groups is 2. The van der Waals surface area contributed by atoms with Gasteiger partial charge in [0.05, 0.1) is 10.9 Å². The van der Waals surface area contributed by atoms with Gasteiger partial charge in [0.15, 0.2) is 0 Å². The Morgan fingerprint density at radius 3 is 2.88 bits per heavy atom. The number of para-hydroxylation sites is 1. The molecule has 0 aromatic heterocycles. The molecule has 1 aliphatic rings. The molecule has 0 radical (unpaired) electrons. The molecular formula is C18H17ClN2OS2. The maximum atomic E-state index is 12.3. The Morgan fingerprint density at radius 2 is 2.04 bits per heavy atom. The molecule has 1 amide bonds. The summed E-state index contributed by atoms with van der Waals surface area (Å²) in [6, 6.07) is 15.6. The van der Waals surface area contributed by atoms with Gasteiger partial charge in [0.1, 0.15) is 4.38 Å². The van der Waals surface area contributed by atoms with Crippen LogP contribution >= 0.6 is 35.1 Å². The Kier molecular flexibility index (Phi) is 5.87. The molecule has 0 saturated heterocycles. The second kappa shape index (κ2) is 8.10. The summed E-state index contributed by atoms with van der Waals surface area (Å²) in [5.41, 5.74) is 3.16. The average molecular weight is 377 g/mol. The van der Waals surface area contributed by atoms with Crippen molar-refractivity contribution in [1.29, 1.82) is 0 Å². The maximum absolute atomic E-state index is 12.3. The number of hydrogen-bond acceptors (Lipinski definition) is 4. The van der Waals surface area contributed by atoms with Crippen molar-refractivity contribution in [3.8, 4) is 0 Å². The monoisotopic (exact) mass is 376 g/mol. The second-order valence-electron chi connectivity index (χ2n) is 5.36. The molecule has 0 saturated carbocycles. The first kappa shape index (κ1) is 17.4. The molecule has 24 heavy (non-hydrogen) atoms. The zero-order valence-corrected chi connectivity index (χ0v) is 15.5. The van der Waals surface area contributed by atoms with Gasteiger partial charge in [-0.2, -0.15) is 0 Å². The average Bonchev–Trinajstić information content (AvgIpc) is 2.60. The molecule has 0 fully saturated rings. The largest absolute Gasteiger partial charge is 0.351 e. The predicted octanol–water partition coefficient (Wildman–Crippen LogP) is 5.01. The molecule has 0 bridgehead atoms. The molecule has 1 atom stereocenters.